The van der Waals surface area contributed by atoms with Gasteiger partial charge in [-0.15, -0.1) is 0 Å². The summed E-state index contributed by atoms with van der Waals surface area (Å²) in [5.74, 6) is 0. The van der Waals surface area contributed by atoms with Crippen LogP contribution in [-0.2, 0) is 6.54 Å². The molecular formula is C16H28N2. The molecule has 0 heterocycles. The molecule has 0 saturated carbocycles. The SMILES string of the molecule is CCCN(C)c1ccc(CNC(C)(C)C)c(C)c1. The van der Waals surface area contributed by atoms with Gasteiger partial charge in [0, 0.05) is 31.4 Å². The average molecular weight is 248 g/mol. The molecule has 18 heavy (non-hydrogen) atoms. The van der Waals surface area contributed by atoms with Crippen LogP contribution in [-0.4, -0.2) is 19.1 Å². The largest absolute Gasteiger partial charge is 0.375 e. The zero-order valence-electron chi connectivity index (χ0n) is 12.8. The van der Waals surface area contributed by atoms with Gasteiger partial charge in [0.25, 0.3) is 0 Å². The first-order chi connectivity index (χ1) is 8.33. The lowest BCUT2D eigenvalue weighted by atomic mass is 10.0. The van der Waals surface area contributed by atoms with Crippen LogP contribution in [0.25, 0.3) is 0 Å². The maximum atomic E-state index is 3.54. The van der Waals surface area contributed by atoms with Crippen molar-refractivity contribution < 1.29 is 0 Å². The van der Waals surface area contributed by atoms with Gasteiger partial charge in [0.2, 0.25) is 0 Å². The Morgan fingerprint density at radius 2 is 1.89 bits per heavy atom. The molecule has 1 aromatic rings. The van der Waals surface area contributed by atoms with E-state index in [1.54, 1.807) is 0 Å². The van der Waals surface area contributed by atoms with E-state index >= 15 is 0 Å². The Morgan fingerprint density at radius 3 is 2.39 bits per heavy atom. The maximum absolute atomic E-state index is 3.54. The number of hydrogen-bond acceptors (Lipinski definition) is 2. The summed E-state index contributed by atoms with van der Waals surface area (Å²) in [6.07, 6.45) is 1.18. The molecule has 2 nitrogen and oxygen atoms in total. The zero-order valence-corrected chi connectivity index (χ0v) is 12.8. The lowest BCUT2D eigenvalue weighted by Gasteiger charge is -2.23. The van der Waals surface area contributed by atoms with Crippen molar-refractivity contribution in [2.45, 2.75) is 53.1 Å². The summed E-state index contributed by atoms with van der Waals surface area (Å²) in [6.45, 7) is 13.1. The third-order valence-corrected chi connectivity index (χ3v) is 3.14. The number of anilines is 1. The van der Waals surface area contributed by atoms with E-state index in [0.29, 0.717) is 0 Å². The first-order valence-corrected chi connectivity index (χ1v) is 6.89. The van der Waals surface area contributed by atoms with Gasteiger partial charge in [-0.25, -0.2) is 0 Å². The maximum Gasteiger partial charge on any atom is 0.0366 e. The lowest BCUT2D eigenvalue weighted by molar-refractivity contribution is 0.424. The normalized spacial score (nSPS) is 11.7. The second kappa shape index (κ2) is 6.24. The molecule has 0 atom stereocenters. The monoisotopic (exact) mass is 248 g/mol. The van der Waals surface area contributed by atoms with E-state index in [1.807, 2.05) is 0 Å². The van der Waals surface area contributed by atoms with E-state index in [1.165, 1.54) is 23.2 Å². The van der Waals surface area contributed by atoms with Gasteiger partial charge in [-0.1, -0.05) is 13.0 Å². The third-order valence-electron chi connectivity index (χ3n) is 3.14. The van der Waals surface area contributed by atoms with Crippen molar-refractivity contribution in [3.8, 4) is 0 Å². The molecule has 0 fully saturated rings. The first kappa shape index (κ1) is 15.0. The van der Waals surface area contributed by atoms with Crippen LogP contribution in [0.3, 0.4) is 0 Å². The van der Waals surface area contributed by atoms with Gasteiger partial charge in [-0.05, 0) is 57.4 Å². The Labute approximate surface area is 112 Å². The summed E-state index contributed by atoms with van der Waals surface area (Å²) >= 11 is 0. The van der Waals surface area contributed by atoms with E-state index in [9.17, 15) is 0 Å². The predicted octanol–water partition coefficient (Wildman–Crippen LogP) is 3.73. The van der Waals surface area contributed by atoms with E-state index < -0.39 is 0 Å². The van der Waals surface area contributed by atoms with Gasteiger partial charge in [-0.3, -0.25) is 0 Å². The minimum absolute atomic E-state index is 0.171. The number of nitrogens with one attached hydrogen (secondary N) is 1. The summed E-state index contributed by atoms with van der Waals surface area (Å²) in [7, 11) is 2.16. The van der Waals surface area contributed by atoms with Crippen molar-refractivity contribution in [3.05, 3.63) is 29.3 Å². The summed E-state index contributed by atoms with van der Waals surface area (Å²) in [5.41, 5.74) is 4.24. The van der Waals surface area contributed by atoms with Crippen LogP contribution in [0.15, 0.2) is 18.2 Å². The van der Waals surface area contributed by atoms with E-state index in [0.717, 1.165) is 13.1 Å². The molecular weight excluding hydrogens is 220 g/mol. The number of aryl methyl sites for hydroxylation is 1. The molecule has 0 spiro atoms. The molecule has 0 aliphatic carbocycles. The molecule has 0 radical (unpaired) electrons. The van der Waals surface area contributed by atoms with Crippen LogP contribution in [0.1, 0.15) is 45.2 Å². The van der Waals surface area contributed by atoms with Gasteiger partial charge in [-0.2, -0.15) is 0 Å². The van der Waals surface area contributed by atoms with Gasteiger partial charge in [0.1, 0.15) is 0 Å². The zero-order chi connectivity index (χ0) is 13.8. The second-order valence-corrected chi connectivity index (χ2v) is 6.14. The van der Waals surface area contributed by atoms with E-state index in [4.69, 9.17) is 0 Å². The molecule has 1 rings (SSSR count). The minimum atomic E-state index is 0.171. The van der Waals surface area contributed by atoms with Crippen LogP contribution >= 0.6 is 0 Å². The van der Waals surface area contributed by atoms with Crippen LogP contribution in [0.2, 0.25) is 0 Å². The molecule has 0 unspecified atom stereocenters. The van der Waals surface area contributed by atoms with Crippen molar-refractivity contribution >= 4 is 5.69 Å². The summed E-state index contributed by atoms with van der Waals surface area (Å²) in [6, 6.07) is 6.76. The molecule has 1 aromatic carbocycles. The lowest BCUT2D eigenvalue weighted by Crippen LogP contribution is -2.35. The Morgan fingerprint density at radius 1 is 1.22 bits per heavy atom. The van der Waals surface area contributed by atoms with Gasteiger partial charge in [0.15, 0.2) is 0 Å². The standard InChI is InChI=1S/C16H28N2/c1-7-10-18(6)15-9-8-14(13(2)11-15)12-17-16(3,4)5/h8-9,11,17H,7,10,12H2,1-6H3. The topological polar surface area (TPSA) is 15.3 Å². The Bertz CT molecular complexity index is 377. The summed E-state index contributed by atoms with van der Waals surface area (Å²) in [4.78, 5) is 2.31. The fraction of sp³-hybridized carbons (Fsp3) is 0.625. The van der Waals surface area contributed by atoms with Crippen LogP contribution in [0.4, 0.5) is 5.69 Å². The van der Waals surface area contributed by atoms with Crippen LogP contribution < -0.4 is 10.2 Å². The second-order valence-electron chi connectivity index (χ2n) is 6.14. The quantitative estimate of drug-likeness (QED) is 0.854. The highest BCUT2D eigenvalue weighted by Crippen LogP contribution is 2.19. The molecule has 2 heteroatoms. The van der Waals surface area contributed by atoms with Crippen molar-refractivity contribution in [2.24, 2.45) is 0 Å². The van der Waals surface area contributed by atoms with Crippen molar-refractivity contribution in [1.29, 1.82) is 0 Å². The van der Waals surface area contributed by atoms with E-state index in [2.05, 4.69) is 70.1 Å². The highest BCUT2D eigenvalue weighted by molar-refractivity contribution is 5.50. The van der Waals surface area contributed by atoms with Gasteiger partial charge >= 0.3 is 0 Å². The highest BCUT2D eigenvalue weighted by Gasteiger charge is 2.10. The molecule has 0 saturated heterocycles. The van der Waals surface area contributed by atoms with Crippen LogP contribution in [0.5, 0.6) is 0 Å². The predicted molar refractivity (Wildman–Crippen MR) is 81.3 cm³/mol. The fourth-order valence-corrected chi connectivity index (χ4v) is 1.94. The smallest absolute Gasteiger partial charge is 0.0366 e. The molecule has 0 amide bonds. The number of hydrogen-bond donors (Lipinski definition) is 1. The number of nitrogens with zero attached hydrogens (tertiary/aromatic N) is 1. The molecule has 1 N–H and O–H groups in total. The average Bonchev–Trinajstić information content (AvgIpc) is 2.26. The Balaban J connectivity index is 2.73. The Hall–Kier alpha value is -1.02. The van der Waals surface area contributed by atoms with Gasteiger partial charge in [0.05, 0.1) is 0 Å². The molecule has 102 valence electrons. The summed E-state index contributed by atoms with van der Waals surface area (Å²) in [5, 5.41) is 3.54. The Kier molecular flexibility index (Phi) is 5.21. The third kappa shape index (κ3) is 4.69. The van der Waals surface area contributed by atoms with Gasteiger partial charge < -0.3 is 10.2 Å². The molecule has 0 aliphatic rings. The number of rotatable bonds is 5. The van der Waals surface area contributed by atoms with E-state index in [-0.39, 0.29) is 5.54 Å². The highest BCUT2D eigenvalue weighted by atomic mass is 15.1. The minimum Gasteiger partial charge on any atom is -0.375 e. The van der Waals surface area contributed by atoms with Crippen molar-refractivity contribution in [2.75, 3.05) is 18.5 Å². The summed E-state index contributed by atoms with van der Waals surface area (Å²) < 4.78 is 0. The van der Waals surface area contributed by atoms with Crippen molar-refractivity contribution in [1.82, 2.24) is 5.32 Å². The molecule has 0 aliphatic heterocycles. The first-order valence-electron chi connectivity index (χ1n) is 6.89. The van der Waals surface area contributed by atoms with Crippen LogP contribution in [0, 0.1) is 6.92 Å². The van der Waals surface area contributed by atoms with Crippen molar-refractivity contribution in [3.63, 3.8) is 0 Å². The number of benzene rings is 1. The fourth-order valence-electron chi connectivity index (χ4n) is 1.94. The molecule has 0 bridgehead atoms. The molecule has 0 aromatic heterocycles.